The molecule has 2 unspecified atom stereocenters. The van der Waals surface area contributed by atoms with E-state index in [4.69, 9.17) is 0 Å². The predicted molar refractivity (Wildman–Crippen MR) is 88.7 cm³/mol. The van der Waals surface area contributed by atoms with Gasteiger partial charge in [0.1, 0.15) is 0 Å². The smallest absolute Gasteiger partial charge is 0.0649 e. The van der Waals surface area contributed by atoms with E-state index in [1.54, 1.807) is 0 Å². The van der Waals surface area contributed by atoms with Crippen molar-refractivity contribution in [1.82, 2.24) is 15.1 Å². The molecule has 0 bridgehead atoms. The second kappa shape index (κ2) is 7.99. The van der Waals surface area contributed by atoms with Crippen LogP contribution in [0.5, 0.6) is 0 Å². The second-order valence-corrected chi connectivity index (χ2v) is 5.58. The molecule has 0 fully saturated rings. The van der Waals surface area contributed by atoms with Gasteiger partial charge < -0.3 is 5.32 Å². The molecule has 114 valence electrons. The SMILES string of the molecule is CCCCC(CC)C(NC)c1ccnn1-c1ccccc1. The maximum absolute atomic E-state index is 4.53. The van der Waals surface area contributed by atoms with Crippen molar-refractivity contribution in [2.45, 2.75) is 45.6 Å². The first-order chi connectivity index (χ1) is 10.3. The van der Waals surface area contributed by atoms with E-state index in [9.17, 15) is 0 Å². The molecular weight excluding hydrogens is 258 g/mol. The largest absolute Gasteiger partial charge is 0.311 e. The Bertz CT molecular complexity index is 518. The minimum absolute atomic E-state index is 0.351. The van der Waals surface area contributed by atoms with Crippen molar-refractivity contribution < 1.29 is 0 Å². The van der Waals surface area contributed by atoms with E-state index in [2.05, 4.69) is 66.3 Å². The number of benzene rings is 1. The summed E-state index contributed by atoms with van der Waals surface area (Å²) < 4.78 is 2.07. The second-order valence-electron chi connectivity index (χ2n) is 5.58. The Balaban J connectivity index is 2.28. The number of unbranched alkanes of at least 4 members (excludes halogenated alkanes) is 1. The van der Waals surface area contributed by atoms with E-state index in [-0.39, 0.29) is 0 Å². The zero-order valence-electron chi connectivity index (χ0n) is 13.4. The summed E-state index contributed by atoms with van der Waals surface area (Å²) in [5.74, 6) is 0.647. The number of nitrogens with zero attached hydrogens (tertiary/aromatic N) is 2. The van der Waals surface area contributed by atoms with Gasteiger partial charge in [-0.1, -0.05) is 51.3 Å². The summed E-state index contributed by atoms with van der Waals surface area (Å²) in [7, 11) is 2.06. The van der Waals surface area contributed by atoms with Gasteiger partial charge in [-0.25, -0.2) is 4.68 Å². The highest BCUT2D eigenvalue weighted by Gasteiger charge is 2.23. The van der Waals surface area contributed by atoms with Gasteiger partial charge in [0.25, 0.3) is 0 Å². The molecule has 0 aliphatic rings. The lowest BCUT2D eigenvalue weighted by molar-refractivity contribution is 0.329. The van der Waals surface area contributed by atoms with E-state index in [0.29, 0.717) is 12.0 Å². The Morgan fingerprint density at radius 2 is 1.90 bits per heavy atom. The fourth-order valence-corrected chi connectivity index (χ4v) is 3.03. The van der Waals surface area contributed by atoms with Gasteiger partial charge in [0.05, 0.1) is 17.4 Å². The van der Waals surface area contributed by atoms with E-state index < -0.39 is 0 Å². The number of hydrogen-bond donors (Lipinski definition) is 1. The first kappa shape index (κ1) is 15.8. The molecule has 1 aromatic heterocycles. The zero-order chi connectivity index (χ0) is 15.1. The molecule has 0 saturated heterocycles. The van der Waals surface area contributed by atoms with Gasteiger partial charge in [0.15, 0.2) is 0 Å². The van der Waals surface area contributed by atoms with Crippen LogP contribution in [-0.2, 0) is 0 Å². The minimum Gasteiger partial charge on any atom is -0.311 e. The van der Waals surface area contributed by atoms with E-state index >= 15 is 0 Å². The lowest BCUT2D eigenvalue weighted by Gasteiger charge is -2.26. The molecule has 0 saturated carbocycles. The molecule has 3 nitrogen and oxygen atoms in total. The molecule has 0 amide bonds. The van der Waals surface area contributed by atoms with Crippen LogP contribution in [0.4, 0.5) is 0 Å². The van der Waals surface area contributed by atoms with Crippen LogP contribution in [0.1, 0.15) is 51.3 Å². The molecule has 2 atom stereocenters. The maximum Gasteiger partial charge on any atom is 0.0649 e. The van der Waals surface area contributed by atoms with E-state index in [1.807, 2.05) is 12.3 Å². The highest BCUT2D eigenvalue weighted by atomic mass is 15.3. The average Bonchev–Trinajstić information content (AvgIpc) is 3.01. The predicted octanol–water partition coefficient (Wildman–Crippen LogP) is 4.35. The van der Waals surface area contributed by atoms with Crippen molar-refractivity contribution in [2.24, 2.45) is 5.92 Å². The van der Waals surface area contributed by atoms with E-state index in [0.717, 1.165) is 5.69 Å². The van der Waals surface area contributed by atoms with Gasteiger partial charge >= 0.3 is 0 Å². The molecule has 2 aromatic rings. The number of aromatic nitrogens is 2. The number of hydrogen-bond acceptors (Lipinski definition) is 2. The van der Waals surface area contributed by atoms with Crippen molar-refractivity contribution in [1.29, 1.82) is 0 Å². The fraction of sp³-hybridized carbons (Fsp3) is 0.500. The van der Waals surface area contributed by atoms with Crippen LogP contribution in [-0.4, -0.2) is 16.8 Å². The van der Waals surface area contributed by atoms with Crippen LogP contribution in [0.2, 0.25) is 0 Å². The van der Waals surface area contributed by atoms with Crippen LogP contribution in [0.25, 0.3) is 5.69 Å². The summed E-state index contributed by atoms with van der Waals surface area (Å²) >= 11 is 0. The van der Waals surface area contributed by atoms with Crippen LogP contribution < -0.4 is 5.32 Å². The van der Waals surface area contributed by atoms with Crippen LogP contribution >= 0.6 is 0 Å². The van der Waals surface area contributed by atoms with Crippen molar-refractivity contribution in [3.8, 4) is 5.69 Å². The Labute approximate surface area is 128 Å². The maximum atomic E-state index is 4.53. The molecule has 0 radical (unpaired) electrons. The molecule has 1 N–H and O–H groups in total. The zero-order valence-corrected chi connectivity index (χ0v) is 13.4. The van der Waals surface area contributed by atoms with Crippen molar-refractivity contribution in [3.63, 3.8) is 0 Å². The number of rotatable bonds is 8. The molecule has 2 rings (SSSR count). The highest BCUT2D eigenvalue weighted by molar-refractivity contribution is 5.33. The van der Waals surface area contributed by atoms with Gasteiger partial charge in [0.2, 0.25) is 0 Å². The van der Waals surface area contributed by atoms with Crippen molar-refractivity contribution >= 4 is 0 Å². The molecule has 1 heterocycles. The summed E-state index contributed by atoms with van der Waals surface area (Å²) in [6.07, 6.45) is 6.89. The molecule has 0 aliphatic heterocycles. The Morgan fingerprint density at radius 1 is 1.14 bits per heavy atom. The Kier molecular flexibility index (Phi) is 6.00. The van der Waals surface area contributed by atoms with Gasteiger partial charge in [-0.3, -0.25) is 0 Å². The standard InChI is InChI=1S/C18H27N3/c1-4-6-10-15(5-2)18(19-3)17-13-14-20-21(17)16-11-8-7-9-12-16/h7-9,11-15,18-19H,4-6,10H2,1-3H3. The average molecular weight is 285 g/mol. The minimum atomic E-state index is 0.351. The van der Waals surface area contributed by atoms with Gasteiger partial charge in [0, 0.05) is 6.20 Å². The van der Waals surface area contributed by atoms with Crippen molar-refractivity contribution in [3.05, 3.63) is 48.3 Å². The third-order valence-corrected chi connectivity index (χ3v) is 4.23. The summed E-state index contributed by atoms with van der Waals surface area (Å²) in [5, 5.41) is 8.04. The molecule has 0 aliphatic carbocycles. The molecule has 1 aromatic carbocycles. The first-order valence-corrected chi connectivity index (χ1v) is 8.08. The normalized spacial score (nSPS) is 14.0. The molecule has 0 spiro atoms. The lowest BCUT2D eigenvalue weighted by atomic mass is 9.89. The molecule has 3 heteroatoms. The van der Waals surface area contributed by atoms with Crippen LogP contribution in [0, 0.1) is 5.92 Å². The first-order valence-electron chi connectivity index (χ1n) is 8.08. The van der Waals surface area contributed by atoms with E-state index in [1.165, 1.54) is 31.4 Å². The quantitative estimate of drug-likeness (QED) is 0.781. The third kappa shape index (κ3) is 3.73. The number of para-hydroxylation sites is 1. The summed E-state index contributed by atoms with van der Waals surface area (Å²) in [6.45, 7) is 4.54. The highest BCUT2D eigenvalue weighted by Crippen LogP contribution is 2.29. The summed E-state index contributed by atoms with van der Waals surface area (Å²) in [5.41, 5.74) is 2.38. The molecule has 21 heavy (non-hydrogen) atoms. The Morgan fingerprint density at radius 3 is 2.52 bits per heavy atom. The van der Waals surface area contributed by atoms with Crippen LogP contribution in [0.15, 0.2) is 42.6 Å². The lowest BCUT2D eigenvalue weighted by Crippen LogP contribution is -2.27. The monoisotopic (exact) mass is 285 g/mol. The van der Waals surface area contributed by atoms with Crippen molar-refractivity contribution in [2.75, 3.05) is 7.05 Å². The summed E-state index contributed by atoms with van der Waals surface area (Å²) in [4.78, 5) is 0. The molecular formula is C18H27N3. The third-order valence-electron chi connectivity index (χ3n) is 4.23. The van der Waals surface area contributed by atoms with Gasteiger partial charge in [-0.2, -0.15) is 5.10 Å². The summed E-state index contributed by atoms with van der Waals surface area (Å²) in [6, 6.07) is 12.9. The van der Waals surface area contributed by atoms with Gasteiger partial charge in [-0.05, 0) is 37.6 Å². The number of nitrogens with one attached hydrogen (secondary N) is 1. The van der Waals surface area contributed by atoms with Gasteiger partial charge in [-0.15, -0.1) is 0 Å². The van der Waals surface area contributed by atoms with Crippen LogP contribution in [0.3, 0.4) is 0 Å². The Hall–Kier alpha value is -1.61. The topological polar surface area (TPSA) is 29.9 Å². The fourth-order valence-electron chi connectivity index (χ4n) is 3.03.